The minimum atomic E-state index is -0.251. The van der Waals surface area contributed by atoms with E-state index in [-0.39, 0.29) is 17.8 Å². The second-order valence-electron chi connectivity index (χ2n) is 4.76. The summed E-state index contributed by atoms with van der Waals surface area (Å²) in [4.78, 5) is 11.0. The summed E-state index contributed by atoms with van der Waals surface area (Å²) in [5.74, 6) is -0.434. The van der Waals surface area contributed by atoms with E-state index in [1.807, 2.05) is 6.92 Å². The molecule has 21 heavy (non-hydrogen) atoms. The van der Waals surface area contributed by atoms with Crippen molar-refractivity contribution in [2.24, 2.45) is 0 Å². The fourth-order valence-corrected chi connectivity index (χ4v) is 2.28. The van der Waals surface area contributed by atoms with Crippen LogP contribution in [0, 0.1) is 5.82 Å². The van der Waals surface area contributed by atoms with E-state index in [1.165, 1.54) is 13.0 Å². The van der Waals surface area contributed by atoms with E-state index in [0.717, 1.165) is 5.69 Å². The van der Waals surface area contributed by atoms with Gasteiger partial charge in [-0.25, -0.2) is 4.39 Å². The van der Waals surface area contributed by atoms with Crippen molar-refractivity contribution in [1.29, 1.82) is 0 Å². The van der Waals surface area contributed by atoms with Crippen molar-refractivity contribution in [3.63, 3.8) is 0 Å². The summed E-state index contributed by atoms with van der Waals surface area (Å²) in [7, 11) is 0. The molecule has 2 rings (SSSR count). The molecule has 110 valence electrons. The average molecular weight is 307 g/mol. The monoisotopic (exact) mass is 306 g/mol. The molecular weight excluding hydrogens is 291 g/mol. The standard InChI is InChI=1S/C16H16ClFN2O/c1-10(13-5-3-4-6-15(13)18)19-12-7-8-16(14(17)9-12)20-11(2)21/h3-10,19H,1-2H3,(H,20,21). The molecule has 2 aromatic carbocycles. The molecule has 2 aromatic rings. The van der Waals surface area contributed by atoms with Gasteiger partial charge in [0.2, 0.25) is 5.91 Å². The molecule has 0 aliphatic heterocycles. The molecule has 0 aliphatic carbocycles. The molecule has 1 unspecified atom stereocenters. The zero-order chi connectivity index (χ0) is 15.4. The Balaban J connectivity index is 2.15. The summed E-state index contributed by atoms with van der Waals surface area (Å²) in [5, 5.41) is 6.25. The summed E-state index contributed by atoms with van der Waals surface area (Å²) in [6, 6.07) is 11.6. The van der Waals surface area contributed by atoms with Crippen molar-refractivity contribution in [1.82, 2.24) is 0 Å². The zero-order valence-corrected chi connectivity index (χ0v) is 12.5. The van der Waals surface area contributed by atoms with E-state index >= 15 is 0 Å². The summed E-state index contributed by atoms with van der Waals surface area (Å²) in [6.45, 7) is 3.29. The van der Waals surface area contributed by atoms with E-state index in [2.05, 4.69) is 10.6 Å². The van der Waals surface area contributed by atoms with Gasteiger partial charge in [-0.3, -0.25) is 4.79 Å². The molecule has 0 spiro atoms. The van der Waals surface area contributed by atoms with Crippen LogP contribution in [0.25, 0.3) is 0 Å². The number of benzene rings is 2. The van der Waals surface area contributed by atoms with Gasteiger partial charge in [0.1, 0.15) is 5.82 Å². The minimum Gasteiger partial charge on any atom is -0.378 e. The van der Waals surface area contributed by atoms with Crippen LogP contribution in [0.1, 0.15) is 25.5 Å². The third-order valence-corrected chi connectivity index (χ3v) is 3.35. The van der Waals surface area contributed by atoms with Crippen LogP contribution in [0.5, 0.6) is 0 Å². The van der Waals surface area contributed by atoms with Gasteiger partial charge < -0.3 is 10.6 Å². The molecule has 5 heteroatoms. The fourth-order valence-electron chi connectivity index (χ4n) is 2.05. The van der Waals surface area contributed by atoms with Crippen LogP contribution in [0.4, 0.5) is 15.8 Å². The third kappa shape index (κ3) is 3.95. The van der Waals surface area contributed by atoms with Crippen molar-refractivity contribution in [3.8, 4) is 0 Å². The summed E-state index contributed by atoms with van der Waals surface area (Å²) in [5.41, 5.74) is 1.89. The molecular formula is C16H16ClFN2O. The third-order valence-electron chi connectivity index (χ3n) is 3.03. The lowest BCUT2D eigenvalue weighted by atomic mass is 10.1. The number of nitrogens with one attached hydrogen (secondary N) is 2. The molecule has 0 fully saturated rings. The normalized spacial score (nSPS) is 11.8. The van der Waals surface area contributed by atoms with E-state index < -0.39 is 0 Å². The molecule has 0 saturated carbocycles. The summed E-state index contributed by atoms with van der Waals surface area (Å²) < 4.78 is 13.7. The first-order valence-electron chi connectivity index (χ1n) is 6.55. The van der Waals surface area contributed by atoms with Crippen LogP contribution in [0.15, 0.2) is 42.5 Å². The van der Waals surface area contributed by atoms with Crippen LogP contribution in [0.3, 0.4) is 0 Å². The first-order chi connectivity index (χ1) is 9.97. The minimum absolute atomic E-state index is 0.183. The van der Waals surface area contributed by atoms with Crippen LogP contribution >= 0.6 is 11.6 Å². The number of carbonyl (C=O) groups is 1. The number of hydrogen-bond acceptors (Lipinski definition) is 2. The van der Waals surface area contributed by atoms with Crippen LogP contribution in [-0.4, -0.2) is 5.91 Å². The molecule has 0 radical (unpaired) electrons. The first kappa shape index (κ1) is 15.3. The quantitative estimate of drug-likeness (QED) is 0.866. The molecule has 3 nitrogen and oxygen atoms in total. The zero-order valence-electron chi connectivity index (χ0n) is 11.8. The Morgan fingerprint density at radius 2 is 1.95 bits per heavy atom. The van der Waals surface area contributed by atoms with Gasteiger partial charge in [0.15, 0.2) is 0 Å². The maximum atomic E-state index is 13.7. The Bertz CT molecular complexity index is 660. The lowest BCUT2D eigenvalue weighted by molar-refractivity contribution is -0.114. The van der Waals surface area contributed by atoms with E-state index in [4.69, 9.17) is 11.6 Å². The molecule has 0 aliphatic rings. The Morgan fingerprint density at radius 3 is 2.57 bits per heavy atom. The van der Waals surface area contributed by atoms with Gasteiger partial charge in [0, 0.05) is 18.2 Å². The van der Waals surface area contributed by atoms with Gasteiger partial charge in [0.25, 0.3) is 0 Å². The largest absolute Gasteiger partial charge is 0.378 e. The summed E-state index contributed by atoms with van der Waals surface area (Å²) in [6.07, 6.45) is 0. The molecule has 0 saturated heterocycles. The maximum absolute atomic E-state index is 13.7. The first-order valence-corrected chi connectivity index (χ1v) is 6.93. The van der Waals surface area contributed by atoms with Crippen molar-refractivity contribution in [3.05, 3.63) is 58.9 Å². The number of amides is 1. The average Bonchev–Trinajstić information content (AvgIpc) is 2.42. The molecule has 1 amide bonds. The van der Waals surface area contributed by atoms with E-state index in [0.29, 0.717) is 16.3 Å². The smallest absolute Gasteiger partial charge is 0.221 e. The topological polar surface area (TPSA) is 41.1 Å². The van der Waals surface area contributed by atoms with Crippen LogP contribution in [0.2, 0.25) is 5.02 Å². The number of carbonyl (C=O) groups excluding carboxylic acids is 1. The number of hydrogen-bond donors (Lipinski definition) is 2. The van der Waals surface area contributed by atoms with Crippen molar-refractivity contribution in [2.45, 2.75) is 19.9 Å². The predicted octanol–water partition coefficient (Wildman–Crippen LogP) is 4.61. The summed E-state index contributed by atoms with van der Waals surface area (Å²) >= 11 is 6.11. The van der Waals surface area contributed by atoms with Crippen LogP contribution in [-0.2, 0) is 4.79 Å². The maximum Gasteiger partial charge on any atom is 0.221 e. The van der Waals surface area contributed by atoms with Gasteiger partial charge in [0.05, 0.1) is 16.8 Å². The number of halogens is 2. The second kappa shape index (κ2) is 6.59. The Kier molecular flexibility index (Phi) is 4.81. The number of rotatable bonds is 4. The highest BCUT2D eigenvalue weighted by Gasteiger charge is 2.11. The fraction of sp³-hybridized carbons (Fsp3) is 0.188. The van der Waals surface area contributed by atoms with Gasteiger partial charge in [-0.05, 0) is 31.2 Å². The number of anilines is 2. The van der Waals surface area contributed by atoms with Gasteiger partial charge in [-0.2, -0.15) is 0 Å². The highest BCUT2D eigenvalue weighted by molar-refractivity contribution is 6.34. The highest BCUT2D eigenvalue weighted by Crippen LogP contribution is 2.28. The van der Waals surface area contributed by atoms with Gasteiger partial charge in [-0.15, -0.1) is 0 Å². The van der Waals surface area contributed by atoms with Gasteiger partial charge in [-0.1, -0.05) is 29.8 Å². The lowest BCUT2D eigenvalue weighted by Gasteiger charge is -2.17. The van der Waals surface area contributed by atoms with E-state index in [1.54, 1.807) is 36.4 Å². The Morgan fingerprint density at radius 1 is 1.24 bits per heavy atom. The molecule has 1 atom stereocenters. The van der Waals surface area contributed by atoms with Gasteiger partial charge >= 0.3 is 0 Å². The molecule has 0 bridgehead atoms. The molecule has 0 aromatic heterocycles. The van der Waals surface area contributed by atoms with Crippen molar-refractivity contribution in [2.75, 3.05) is 10.6 Å². The van der Waals surface area contributed by atoms with Crippen molar-refractivity contribution < 1.29 is 9.18 Å². The second-order valence-corrected chi connectivity index (χ2v) is 5.17. The Labute approximate surface area is 128 Å². The van der Waals surface area contributed by atoms with Crippen molar-refractivity contribution >= 4 is 28.9 Å². The highest BCUT2D eigenvalue weighted by atomic mass is 35.5. The predicted molar refractivity (Wildman–Crippen MR) is 84.2 cm³/mol. The van der Waals surface area contributed by atoms with E-state index in [9.17, 15) is 9.18 Å². The lowest BCUT2D eigenvalue weighted by Crippen LogP contribution is -2.09. The molecule has 2 N–H and O–H groups in total. The Hall–Kier alpha value is -2.07. The SMILES string of the molecule is CC(=O)Nc1ccc(NC(C)c2ccccc2F)cc1Cl. The van der Waals surface area contributed by atoms with Crippen LogP contribution < -0.4 is 10.6 Å². The molecule has 0 heterocycles.